The molecule has 1 aromatic carbocycles. The highest BCUT2D eigenvalue weighted by Crippen LogP contribution is 2.14. The molecular formula is C13H17ClN2O3. The summed E-state index contributed by atoms with van der Waals surface area (Å²) in [6.07, 6.45) is 2.35. The second kappa shape index (κ2) is 8.37. The maximum atomic E-state index is 11.5. The van der Waals surface area contributed by atoms with E-state index in [2.05, 4.69) is 10.6 Å². The summed E-state index contributed by atoms with van der Waals surface area (Å²) < 4.78 is 0. The molecule has 0 saturated heterocycles. The van der Waals surface area contributed by atoms with Gasteiger partial charge >= 0.3 is 12.0 Å². The van der Waals surface area contributed by atoms with E-state index < -0.39 is 5.97 Å². The van der Waals surface area contributed by atoms with Crippen LogP contribution in [0.2, 0.25) is 5.02 Å². The smallest absolute Gasteiger partial charge is 0.319 e. The summed E-state index contributed by atoms with van der Waals surface area (Å²) in [4.78, 5) is 21.8. The Bertz CT molecular complexity index is 438. The van der Waals surface area contributed by atoms with Crippen LogP contribution in [-0.2, 0) is 4.79 Å². The molecule has 0 heterocycles. The van der Waals surface area contributed by atoms with Crippen LogP contribution in [-0.4, -0.2) is 23.7 Å². The zero-order chi connectivity index (χ0) is 14.1. The number of hydrogen-bond donors (Lipinski definition) is 3. The van der Waals surface area contributed by atoms with Gasteiger partial charge in [0, 0.05) is 23.7 Å². The molecule has 0 saturated carbocycles. The Morgan fingerprint density at radius 2 is 2.00 bits per heavy atom. The number of carbonyl (C=O) groups is 2. The fraction of sp³-hybridized carbons (Fsp3) is 0.385. The van der Waals surface area contributed by atoms with E-state index in [9.17, 15) is 9.59 Å². The number of unbranched alkanes of at least 4 members (excludes halogenated alkanes) is 2. The molecule has 0 aliphatic heterocycles. The lowest BCUT2D eigenvalue weighted by atomic mass is 10.2. The van der Waals surface area contributed by atoms with Gasteiger partial charge in [0.2, 0.25) is 0 Å². The number of carboxylic acid groups (broad SMARTS) is 1. The van der Waals surface area contributed by atoms with Gasteiger partial charge in [-0.3, -0.25) is 4.79 Å². The van der Waals surface area contributed by atoms with Crippen LogP contribution in [0, 0.1) is 0 Å². The monoisotopic (exact) mass is 284 g/mol. The van der Waals surface area contributed by atoms with Crippen molar-refractivity contribution < 1.29 is 14.7 Å². The number of anilines is 1. The van der Waals surface area contributed by atoms with Gasteiger partial charge in [0.1, 0.15) is 0 Å². The molecule has 0 bridgehead atoms. The van der Waals surface area contributed by atoms with Crippen LogP contribution in [0.5, 0.6) is 0 Å². The number of aliphatic carboxylic acids is 1. The maximum Gasteiger partial charge on any atom is 0.319 e. The van der Waals surface area contributed by atoms with Crippen LogP contribution in [0.25, 0.3) is 0 Å². The van der Waals surface area contributed by atoms with E-state index in [1.54, 1.807) is 24.3 Å². The predicted molar refractivity (Wildman–Crippen MR) is 74.6 cm³/mol. The van der Waals surface area contributed by atoms with Crippen LogP contribution in [0.15, 0.2) is 24.3 Å². The van der Waals surface area contributed by atoms with Gasteiger partial charge in [-0.1, -0.05) is 24.1 Å². The minimum atomic E-state index is -0.786. The molecule has 0 unspecified atom stereocenters. The highest BCUT2D eigenvalue weighted by molar-refractivity contribution is 6.30. The molecule has 19 heavy (non-hydrogen) atoms. The number of halogens is 1. The number of amides is 2. The molecule has 6 heteroatoms. The van der Waals surface area contributed by atoms with E-state index in [1.807, 2.05) is 0 Å². The molecule has 0 aromatic heterocycles. The number of carbonyl (C=O) groups excluding carboxylic acids is 1. The van der Waals surface area contributed by atoms with Crippen molar-refractivity contribution in [2.75, 3.05) is 11.9 Å². The van der Waals surface area contributed by atoms with Crippen molar-refractivity contribution in [1.29, 1.82) is 0 Å². The molecule has 2 amide bonds. The lowest BCUT2D eigenvalue weighted by molar-refractivity contribution is -0.137. The number of rotatable bonds is 7. The number of nitrogens with one attached hydrogen (secondary N) is 2. The van der Waals surface area contributed by atoms with Gasteiger partial charge in [0.15, 0.2) is 0 Å². The van der Waals surface area contributed by atoms with Crippen molar-refractivity contribution in [2.45, 2.75) is 25.7 Å². The van der Waals surface area contributed by atoms with E-state index in [-0.39, 0.29) is 12.5 Å². The van der Waals surface area contributed by atoms with Crippen molar-refractivity contribution in [1.82, 2.24) is 5.32 Å². The van der Waals surface area contributed by atoms with Crippen molar-refractivity contribution in [3.63, 3.8) is 0 Å². The normalized spacial score (nSPS) is 9.95. The fourth-order valence-corrected chi connectivity index (χ4v) is 1.71. The summed E-state index contributed by atoms with van der Waals surface area (Å²) in [5, 5.41) is 14.4. The van der Waals surface area contributed by atoms with Crippen molar-refractivity contribution >= 4 is 29.3 Å². The number of benzene rings is 1. The van der Waals surface area contributed by atoms with Gasteiger partial charge in [-0.15, -0.1) is 0 Å². The number of carboxylic acids is 1. The van der Waals surface area contributed by atoms with Crippen molar-refractivity contribution in [3.05, 3.63) is 29.3 Å². The highest BCUT2D eigenvalue weighted by Gasteiger charge is 2.01. The van der Waals surface area contributed by atoms with E-state index in [4.69, 9.17) is 16.7 Å². The molecule has 1 rings (SSSR count). The van der Waals surface area contributed by atoms with Crippen molar-refractivity contribution in [2.24, 2.45) is 0 Å². The van der Waals surface area contributed by atoms with Crippen LogP contribution in [0.4, 0.5) is 10.5 Å². The molecule has 0 spiro atoms. The van der Waals surface area contributed by atoms with E-state index in [0.717, 1.165) is 12.8 Å². The minimum absolute atomic E-state index is 0.175. The average Bonchev–Trinajstić information content (AvgIpc) is 2.33. The summed E-state index contributed by atoms with van der Waals surface area (Å²) in [5.74, 6) is -0.786. The van der Waals surface area contributed by atoms with E-state index in [1.165, 1.54) is 0 Å². The van der Waals surface area contributed by atoms with Crippen LogP contribution in [0.3, 0.4) is 0 Å². The van der Waals surface area contributed by atoms with E-state index in [0.29, 0.717) is 23.7 Å². The largest absolute Gasteiger partial charge is 0.481 e. The minimum Gasteiger partial charge on any atom is -0.481 e. The van der Waals surface area contributed by atoms with Crippen LogP contribution >= 0.6 is 11.6 Å². The summed E-state index contributed by atoms with van der Waals surface area (Å²) in [5.41, 5.74) is 0.635. The molecule has 0 radical (unpaired) electrons. The zero-order valence-electron chi connectivity index (χ0n) is 10.5. The van der Waals surface area contributed by atoms with E-state index >= 15 is 0 Å². The first-order chi connectivity index (χ1) is 9.08. The molecule has 1 aromatic rings. The third kappa shape index (κ3) is 7.31. The number of urea groups is 1. The lowest BCUT2D eigenvalue weighted by Gasteiger charge is -2.07. The second-order valence-electron chi connectivity index (χ2n) is 4.10. The Balaban J connectivity index is 2.13. The van der Waals surface area contributed by atoms with Gasteiger partial charge in [0.05, 0.1) is 0 Å². The molecule has 0 fully saturated rings. The first-order valence-corrected chi connectivity index (χ1v) is 6.48. The summed E-state index contributed by atoms with van der Waals surface area (Å²) in [6, 6.07) is 6.60. The Morgan fingerprint density at radius 1 is 1.21 bits per heavy atom. The third-order valence-corrected chi connectivity index (χ3v) is 2.67. The molecule has 0 aliphatic rings. The number of hydrogen-bond acceptors (Lipinski definition) is 2. The molecule has 0 atom stereocenters. The van der Waals surface area contributed by atoms with Gasteiger partial charge in [-0.2, -0.15) is 0 Å². The average molecular weight is 285 g/mol. The Morgan fingerprint density at radius 3 is 2.68 bits per heavy atom. The molecule has 5 nitrogen and oxygen atoms in total. The fourth-order valence-electron chi connectivity index (χ4n) is 1.52. The van der Waals surface area contributed by atoms with Gasteiger partial charge in [0.25, 0.3) is 0 Å². The standard InChI is InChI=1S/C13H17ClN2O3/c14-10-5-4-6-11(9-10)16-13(19)15-8-3-1-2-7-12(17)18/h4-6,9H,1-3,7-8H2,(H,17,18)(H2,15,16,19). The third-order valence-electron chi connectivity index (χ3n) is 2.44. The maximum absolute atomic E-state index is 11.5. The van der Waals surface area contributed by atoms with Gasteiger partial charge in [-0.05, 0) is 31.0 Å². The predicted octanol–water partition coefficient (Wildman–Crippen LogP) is 3.11. The topological polar surface area (TPSA) is 78.4 Å². The van der Waals surface area contributed by atoms with Crippen molar-refractivity contribution in [3.8, 4) is 0 Å². The molecule has 0 aliphatic carbocycles. The first kappa shape index (κ1) is 15.3. The highest BCUT2D eigenvalue weighted by atomic mass is 35.5. The van der Waals surface area contributed by atoms with Crippen LogP contribution < -0.4 is 10.6 Å². The summed E-state index contributed by atoms with van der Waals surface area (Å²) >= 11 is 5.80. The molecule has 104 valence electrons. The zero-order valence-corrected chi connectivity index (χ0v) is 11.2. The summed E-state index contributed by atoms with van der Waals surface area (Å²) in [6.45, 7) is 0.520. The quantitative estimate of drug-likeness (QED) is 0.673. The molecular weight excluding hydrogens is 268 g/mol. The Labute approximate surface area is 117 Å². The molecule has 3 N–H and O–H groups in total. The first-order valence-electron chi connectivity index (χ1n) is 6.10. The van der Waals surface area contributed by atoms with Gasteiger partial charge in [-0.25, -0.2) is 4.79 Å². The van der Waals surface area contributed by atoms with Crippen LogP contribution in [0.1, 0.15) is 25.7 Å². The summed E-state index contributed by atoms with van der Waals surface area (Å²) in [7, 11) is 0. The lowest BCUT2D eigenvalue weighted by Crippen LogP contribution is -2.29. The SMILES string of the molecule is O=C(O)CCCCCNC(=O)Nc1cccc(Cl)c1. The second-order valence-corrected chi connectivity index (χ2v) is 4.53. The Hall–Kier alpha value is -1.75. The van der Waals surface area contributed by atoms with Gasteiger partial charge < -0.3 is 15.7 Å². The Kier molecular flexibility index (Phi) is 6.74.